The van der Waals surface area contributed by atoms with Gasteiger partial charge in [-0.2, -0.15) is 23.3 Å². The number of anilines is 1. The molecule has 2 fully saturated rings. The van der Waals surface area contributed by atoms with E-state index in [0.717, 1.165) is 11.1 Å². The van der Waals surface area contributed by atoms with Crippen molar-refractivity contribution in [2.24, 2.45) is 5.92 Å². The number of likely N-dealkylation sites (tertiary alicyclic amines) is 1. The maximum absolute atomic E-state index is 13.0. The second kappa shape index (κ2) is 8.81. The Morgan fingerprint density at radius 3 is 2.50 bits per heavy atom. The van der Waals surface area contributed by atoms with Crippen molar-refractivity contribution in [3.05, 3.63) is 24.5 Å². The quantitative estimate of drug-likeness (QED) is 0.781. The topological polar surface area (TPSA) is 74.3 Å². The molecule has 2 aromatic rings. The summed E-state index contributed by atoms with van der Waals surface area (Å²) in [6, 6.07) is 3.17. The Kier molecular flexibility index (Phi) is 6.56. The van der Waals surface area contributed by atoms with Gasteiger partial charge >= 0.3 is 6.18 Å². The Bertz CT molecular complexity index is 870. The Labute approximate surface area is 178 Å². The number of nitrogens with zero attached hydrogens (tertiary/aromatic N) is 4. The number of alkyl halides is 3. The largest absolute Gasteiger partial charge is 0.480 e. The predicted octanol–water partition coefficient (Wildman–Crippen LogP) is 3.28. The zero-order valence-electron chi connectivity index (χ0n) is 16.4. The van der Waals surface area contributed by atoms with Crippen molar-refractivity contribution >= 4 is 24.1 Å². The minimum atomic E-state index is -4.16. The van der Waals surface area contributed by atoms with Crippen molar-refractivity contribution in [1.82, 2.24) is 20.1 Å². The summed E-state index contributed by atoms with van der Waals surface area (Å²) in [5, 5.41) is 6.66. The number of aromatic amines is 1. The first-order valence-corrected chi connectivity index (χ1v) is 9.55. The number of aromatic nitrogens is 3. The number of pyridine rings is 1. The molecule has 164 valence electrons. The van der Waals surface area contributed by atoms with Crippen LogP contribution in [0.5, 0.6) is 5.88 Å². The molecular formula is C19H23ClF3N5O2. The molecule has 7 nitrogen and oxygen atoms in total. The van der Waals surface area contributed by atoms with Gasteiger partial charge in [-0.1, -0.05) is 0 Å². The lowest BCUT2D eigenvalue weighted by Gasteiger charge is -2.35. The molecule has 2 saturated heterocycles. The number of nitrogens with one attached hydrogen (secondary N) is 1. The van der Waals surface area contributed by atoms with E-state index in [9.17, 15) is 18.0 Å². The van der Waals surface area contributed by atoms with Crippen LogP contribution in [0.4, 0.5) is 19.0 Å². The molecule has 2 aliphatic heterocycles. The highest BCUT2D eigenvalue weighted by atomic mass is 35.5. The molecule has 0 radical (unpaired) electrons. The van der Waals surface area contributed by atoms with Gasteiger partial charge in [-0.05, 0) is 44.5 Å². The first kappa shape index (κ1) is 22.4. The molecule has 0 aromatic carbocycles. The van der Waals surface area contributed by atoms with Crippen LogP contribution in [-0.2, 0) is 4.79 Å². The number of methoxy groups -OCH3 is 1. The average Bonchev–Trinajstić information content (AvgIpc) is 3.37. The molecule has 2 aromatic heterocycles. The first-order valence-electron chi connectivity index (χ1n) is 9.55. The number of carbonyl (C=O) groups excluding carboxylic acids is 1. The highest BCUT2D eigenvalue weighted by molar-refractivity contribution is 5.99. The van der Waals surface area contributed by atoms with Gasteiger partial charge < -0.3 is 4.74 Å². The predicted molar refractivity (Wildman–Crippen MR) is 107 cm³/mol. The molecular weight excluding hydrogens is 423 g/mol. The van der Waals surface area contributed by atoms with Crippen LogP contribution in [-0.4, -0.2) is 65.0 Å². The van der Waals surface area contributed by atoms with Gasteiger partial charge in [0.15, 0.2) is 0 Å². The van der Waals surface area contributed by atoms with Gasteiger partial charge in [-0.15, -0.1) is 12.4 Å². The number of piperidine rings is 1. The van der Waals surface area contributed by atoms with Crippen molar-refractivity contribution < 1.29 is 22.7 Å². The lowest BCUT2D eigenvalue weighted by atomic mass is 9.95. The molecule has 4 heterocycles. The van der Waals surface area contributed by atoms with Gasteiger partial charge in [-0.3, -0.25) is 19.7 Å². The van der Waals surface area contributed by atoms with Gasteiger partial charge in [0.1, 0.15) is 5.82 Å². The number of halogens is 4. The Morgan fingerprint density at radius 2 is 1.90 bits per heavy atom. The molecule has 0 bridgehead atoms. The van der Waals surface area contributed by atoms with Crippen LogP contribution >= 0.6 is 12.4 Å². The Balaban J connectivity index is 0.00000256. The third kappa shape index (κ3) is 4.24. The van der Waals surface area contributed by atoms with E-state index in [1.54, 1.807) is 23.4 Å². The summed E-state index contributed by atoms with van der Waals surface area (Å²) in [5.41, 5.74) is 1.57. The summed E-state index contributed by atoms with van der Waals surface area (Å²) in [7, 11) is 1.51. The summed E-state index contributed by atoms with van der Waals surface area (Å²) < 4.78 is 44.1. The van der Waals surface area contributed by atoms with E-state index in [1.165, 1.54) is 7.11 Å². The third-order valence-corrected chi connectivity index (χ3v) is 5.74. The fourth-order valence-corrected chi connectivity index (χ4v) is 4.12. The molecule has 0 saturated carbocycles. The number of hydrogen-bond acceptors (Lipinski definition) is 5. The fraction of sp³-hybridized carbons (Fsp3) is 0.526. The highest BCUT2D eigenvalue weighted by Gasteiger charge is 2.44. The van der Waals surface area contributed by atoms with E-state index in [-0.39, 0.29) is 44.2 Å². The fourth-order valence-electron chi connectivity index (χ4n) is 4.12. The van der Waals surface area contributed by atoms with Crippen LogP contribution in [0, 0.1) is 5.92 Å². The molecule has 1 N–H and O–H groups in total. The number of rotatable bonds is 4. The van der Waals surface area contributed by atoms with E-state index in [4.69, 9.17) is 4.74 Å². The lowest BCUT2D eigenvalue weighted by molar-refractivity contribution is -0.186. The van der Waals surface area contributed by atoms with E-state index < -0.39 is 18.1 Å². The number of amides is 1. The first-order chi connectivity index (χ1) is 13.9. The van der Waals surface area contributed by atoms with Gasteiger partial charge in [0.2, 0.25) is 11.8 Å². The Hall–Kier alpha value is -2.33. The summed E-state index contributed by atoms with van der Waals surface area (Å²) in [4.78, 5) is 20.9. The number of ether oxygens (including phenoxy) is 1. The maximum Gasteiger partial charge on any atom is 0.391 e. The molecule has 30 heavy (non-hydrogen) atoms. The summed E-state index contributed by atoms with van der Waals surface area (Å²) in [5.74, 6) is -0.535. The highest BCUT2D eigenvalue weighted by Crippen LogP contribution is 2.36. The van der Waals surface area contributed by atoms with E-state index in [2.05, 4.69) is 15.2 Å². The van der Waals surface area contributed by atoms with Crippen molar-refractivity contribution in [3.63, 3.8) is 0 Å². The molecule has 1 atom stereocenters. The molecule has 11 heteroatoms. The number of carbonyl (C=O) groups is 1. The van der Waals surface area contributed by atoms with Crippen molar-refractivity contribution in [2.45, 2.75) is 31.5 Å². The van der Waals surface area contributed by atoms with Gasteiger partial charge in [0, 0.05) is 23.9 Å². The van der Waals surface area contributed by atoms with Crippen molar-refractivity contribution in [3.8, 4) is 17.0 Å². The minimum Gasteiger partial charge on any atom is -0.480 e. The number of H-pyrrole nitrogens is 1. The van der Waals surface area contributed by atoms with Crippen molar-refractivity contribution in [1.29, 1.82) is 0 Å². The molecule has 1 unspecified atom stereocenters. The monoisotopic (exact) mass is 445 g/mol. The molecule has 1 amide bonds. The van der Waals surface area contributed by atoms with Crippen LogP contribution in [0.15, 0.2) is 24.5 Å². The van der Waals surface area contributed by atoms with E-state index in [1.807, 2.05) is 11.0 Å². The average molecular weight is 446 g/mol. The van der Waals surface area contributed by atoms with Gasteiger partial charge in [-0.25, -0.2) is 0 Å². The van der Waals surface area contributed by atoms with Crippen LogP contribution in [0.25, 0.3) is 11.1 Å². The molecule has 4 rings (SSSR count). The lowest BCUT2D eigenvalue weighted by Crippen LogP contribution is -2.47. The third-order valence-electron chi connectivity index (χ3n) is 5.74. The van der Waals surface area contributed by atoms with Crippen LogP contribution < -0.4 is 9.64 Å². The second-order valence-corrected chi connectivity index (χ2v) is 7.36. The summed E-state index contributed by atoms with van der Waals surface area (Å²) >= 11 is 0. The molecule has 0 aliphatic carbocycles. The van der Waals surface area contributed by atoms with Crippen LogP contribution in [0.2, 0.25) is 0 Å². The van der Waals surface area contributed by atoms with Crippen LogP contribution in [0.3, 0.4) is 0 Å². The smallest absolute Gasteiger partial charge is 0.391 e. The second-order valence-electron chi connectivity index (χ2n) is 7.36. The summed E-state index contributed by atoms with van der Waals surface area (Å²) in [6.07, 6.45) is -0.128. The summed E-state index contributed by atoms with van der Waals surface area (Å²) in [6.45, 7) is 1.04. The zero-order chi connectivity index (χ0) is 20.6. The zero-order valence-corrected chi connectivity index (χ0v) is 17.2. The number of hydrogen-bond donors (Lipinski definition) is 1. The molecule has 0 spiro atoms. The molecule has 2 aliphatic rings. The van der Waals surface area contributed by atoms with Crippen molar-refractivity contribution in [2.75, 3.05) is 31.6 Å². The minimum absolute atomic E-state index is 0. The Morgan fingerprint density at radius 1 is 1.17 bits per heavy atom. The van der Waals surface area contributed by atoms with Gasteiger partial charge in [0.25, 0.3) is 0 Å². The van der Waals surface area contributed by atoms with E-state index in [0.29, 0.717) is 24.7 Å². The normalized spacial score (nSPS) is 21.0. The van der Waals surface area contributed by atoms with Crippen LogP contribution in [0.1, 0.15) is 19.3 Å². The standard InChI is InChI=1S/C19H22F3N5O2.ClH/c1-29-17-14(12-10-23-24-11-12)2-3-16(25-17)27-9-6-15(18(27)28)26-7-4-13(5-8-26)19(20,21)22;/h2-3,10-11,13,15H,4-9H2,1H3,(H,23,24);1H. The van der Waals surface area contributed by atoms with E-state index >= 15 is 0 Å². The van der Waals surface area contributed by atoms with Gasteiger partial charge in [0.05, 0.1) is 25.3 Å². The maximum atomic E-state index is 13.0. The SMILES string of the molecule is COc1nc(N2CCC(N3CCC(C(F)(F)F)CC3)C2=O)ccc1-c1cn[nH]c1.Cl.